The maximum absolute atomic E-state index is 11.6. The van der Waals surface area contributed by atoms with Crippen molar-refractivity contribution in [2.24, 2.45) is 0 Å². The predicted octanol–water partition coefficient (Wildman–Crippen LogP) is 3.61. The van der Waals surface area contributed by atoms with Crippen LogP contribution in [0.25, 0.3) is 0 Å². The van der Waals surface area contributed by atoms with Gasteiger partial charge < -0.3 is 4.74 Å². The van der Waals surface area contributed by atoms with Gasteiger partial charge in [0, 0.05) is 6.08 Å². The number of benzene rings is 1. The number of hydrogen-bond donors (Lipinski definition) is 0. The Morgan fingerprint density at radius 3 is 2.69 bits per heavy atom. The van der Waals surface area contributed by atoms with Gasteiger partial charge in [-0.05, 0) is 28.1 Å². The molecule has 0 atom stereocenters. The van der Waals surface area contributed by atoms with E-state index in [-0.39, 0.29) is 6.61 Å². The average molecular weight is 249 g/mol. The molecule has 1 aromatic rings. The molecule has 0 heterocycles. The Kier molecular flexibility index (Phi) is 3.89. The van der Waals surface area contributed by atoms with E-state index < -0.39 is 6.08 Å². The minimum atomic E-state index is -1.73. The molecule has 0 spiro atoms. The summed E-state index contributed by atoms with van der Waals surface area (Å²) in [6.45, 7) is -0.120. The molecule has 0 fully saturated rings. The standard InChI is InChI=1S/C9H7BrF2O/c10-7-3-1-2-4-8(7)13-6-5-9(11)12/h1-5H,6H2. The second-order valence-corrected chi connectivity index (χ2v) is 3.09. The van der Waals surface area contributed by atoms with Gasteiger partial charge in [0.25, 0.3) is 6.08 Å². The van der Waals surface area contributed by atoms with Gasteiger partial charge >= 0.3 is 0 Å². The van der Waals surface area contributed by atoms with Gasteiger partial charge in [0.1, 0.15) is 12.4 Å². The monoisotopic (exact) mass is 248 g/mol. The number of hydrogen-bond acceptors (Lipinski definition) is 1. The normalized spacial score (nSPS) is 9.46. The quantitative estimate of drug-likeness (QED) is 0.795. The molecule has 0 saturated carbocycles. The number of rotatable bonds is 3. The van der Waals surface area contributed by atoms with Crippen molar-refractivity contribution in [1.82, 2.24) is 0 Å². The molecule has 1 rings (SSSR count). The molecule has 0 aliphatic heterocycles. The summed E-state index contributed by atoms with van der Waals surface area (Å²) in [6.07, 6.45) is -1.01. The first-order valence-corrected chi connectivity index (χ1v) is 4.38. The third-order valence-electron chi connectivity index (χ3n) is 1.31. The van der Waals surface area contributed by atoms with Gasteiger partial charge in [-0.1, -0.05) is 12.1 Å². The summed E-state index contributed by atoms with van der Waals surface area (Å²) in [5.41, 5.74) is 0. The molecule has 0 aromatic heterocycles. The molecule has 0 unspecified atom stereocenters. The van der Waals surface area contributed by atoms with E-state index in [4.69, 9.17) is 4.74 Å². The van der Waals surface area contributed by atoms with Crippen LogP contribution in [0.3, 0.4) is 0 Å². The van der Waals surface area contributed by atoms with Crippen LogP contribution in [0.1, 0.15) is 0 Å². The molecule has 0 bridgehead atoms. The first kappa shape index (κ1) is 10.2. The molecular formula is C9H7BrF2O. The lowest BCUT2D eigenvalue weighted by atomic mass is 10.3. The van der Waals surface area contributed by atoms with Gasteiger partial charge in [-0.2, -0.15) is 8.78 Å². The van der Waals surface area contributed by atoms with Crippen LogP contribution in [0, 0.1) is 0 Å². The summed E-state index contributed by atoms with van der Waals surface area (Å²) >= 11 is 3.23. The van der Waals surface area contributed by atoms with E-state index in [9.17, 15) is 8.78 Å². The fraction of sp³-hybridized carbons (Fsp3) is 0.111. The van der Waals surface area contributed by atoms with Crippen molar-refractivity contribution in [3.8, 4) is 5.75 Å². The molecule has 0 N–H and O–H groups in total. The number of para-hydroxylation sites is 1. The minimum absolute atomic E-state index is 0.120. The highest BCUT2D eigenvalue weighted by molar-refractivity contribution is 9.10. The van der Waals surface area contributed by atoms with Gasteiger partial charge in [0.15, 0.2) is 0 Å². The number of ether oxygens (including phenoxy) is 1. The van der Waals surface area contributed by atoms with Crippen molar-refractivity contribution in [3.63, 3.8) is 0 Å². The Labute approximate surface area is 83.1 Å². The van der Waals surface area contributed by atoms with Crippen molar-refractivity contribution in [1.29, 1.82) is 0 Å². The molecule has 13 heavy (non-hydrogen) atoms. The van der Waals surface area contributed by atoms with Crippen molar-refractivity contribution in [3.05, 3.63) is 40.9 Å². The largest absolute Gasteiger partial charge is 0.488 e. The molecule has 70 valence electrons. The van der Waals surface area contributed by atoms with Gasteiger partial charge in [0.05, 0.1) is 4.47 Å². The molecule has 0 saturated heterocycles. The van der Waals surface area contributed by atoms with Crippen molar-refractivity contribution in [2.75, 3.05) is 6.61 Å². The first-order valence-electron chi connectivity index (χ1n) is 3.58. The Balaban J connectivity index is 2.55. The van der Waals surface area contributed by atoms with Crippen LogP contribution >= 0.6 is 15.9 Å². The summed E-state index contributed by atoms with van der Waals surface area (Å²) in [5.74, 6) is 0.556. The topological polar surface area (TPSA) is 9.23 Å². The third-order valence-corrected chi connectivity index (χ3v) is 1.97. The van der Waals surface area contributed by atoms with Crippen LogP contribution in [-0.4, -0.2) is 6.61 Å². The van der Waals surface area contributed by atoms with Crippen molar-refractivity contribution >= 4 is 15.9 Å². The smallest absolute Gasteiger partial charge is 0.269 e. The van der Waals surface area contributed by atoms with Crippen LogP contribution in [0.4, 0.5) is 8.78 Å². The minimum Gasteiger partial charge on any atom is -0.488 e. The van der Waals surface area contributed by atoms with E-state index in [1.165, 1.54) is 0 Å². The van der Waals surface area contributed by atoms with E-state index >= 15 is 0 Å². The summed E-state index contributed by atoms with van der Waals surface area (Å²) in [5, 5.41) is 0. The molecular weight excluding hydrogens is 242 g/mol. The Bertz CT molecular complexity index is 308. The second kappa shape index (κ2) is 4.97. The fourth-order valence-corrected chi connectivity index (χ4v) is 1.16. The van der Waals surface area contributed by atoms with Crippen LogP contribution in [-0.2, 0) is 0 Å². The Hall–Kier alpha value is -0.900. The molecule has 4 heteroatoms. The van der Waals surface area contributed by atoms with Crippen LogP contribution in [0.15, 0.2) is 40.9 Å². The van der Waals surface area contributed by atoms with Gasteiger partial charge in [-0.3, -0.25) is 0 Å². The Morgan fingerprint density at radius 1 is 1.38 bits per heavy atom. The third kappa shape index (κ3) is 3.55. The van der Waals surface area contributed by atoms with Crippen LogP contribution in [0.2, 0.25) is 0 Å². The van der Waals surface area contributed by atoms with Gasteiger partial charge in [-0.25, -0.2) is 0 Å². The van der Waals surface area contributed by atoms with E-state index in [1.807, 2.05) is 6.07 Å². The molecule has 1 aromatic carbocycles. The zero-order valence-electron chi connectivity index (χ0n) is 6.64. The summed E-state index contributed by atoms with van der Waals surface area (Å²) in [4.78, 5) is 0. The lowest BCUT2D eigenvalue weighted by Crippen LogP contribution is -1.93. The van der Waals surface area contributed by atoms with E-state index in [2.05, 4.69) is 15.9 Å². The highest BCUT2D eigenvalue weighted by Crippen LogP contribution is 2.23. The highest BCUT2D eigenvalue weighted by Gasteiger charge is 1.97. The summed E-state index contributed by atoms with van der Waals surface area (Å²) in [6, 6.07) is 7.08. The van der Waals surface area contributed by atoms with E-state index in [0.717, 1.165) is 10.5 Å². The molecule has 0 aliphatic rings. The molecule has 0 radical (unpaired) electrons. The van der Waals surface area contributed by atoms with Gasteiger partial charge in [0.2, 0.25) is 0 Å². The predicted molar refractivity (Wildman–Crippen MR) is 49.9 cm³/mol. The molecule has 1 nitrogen and oxygen atoms in total. The second-order valence-electron chi connectivity index (χ2n) is 2.24. The summed E-state index contributed by atoms with van der Waals surface area (Å²) < 4.78 is 29.0. The van der Waals surface area contributed by atoms with E-state index in [1.54, 1.807) is 18.2 Å². The average Bonchev–Trinajstić information content (AvgIpc) is 2.08. The van der Waals surface area contributed by atoms with Gasteiger partial charge in [-0.15, -0.1) is 0 Å². The highest BCUT2D eigenvalue weighted by atomic mass is 79.9. The lowest BCUT2D eigenvalue weighted by Gasteiger charge is -2.03. The zero-order chi connectivity index (χ0) is 9.68. The maximum Gasteiger partial charge on any atom is 0.269 e. The SMILES string of the molecule is FC(F)=CCOc1ccccc1Br. The zero-order valence-corrected chi connectivity index (χ0v) is 8.22. The lowest BCUT2D eigenvalue weighted by molar-refractivity contribution is 0.343. The number of halogens is 3. The fourth-order valence-electron chi connectivity index (χ4n) is 0.756. The van der Waals surface area contributed by atoms with Crippen LogP contribution in [0.5, 0.6) is 5.75 Å². The first-order chi connectivity index (χ1) is 6.20. The molecule has 0 amide bonds. The van der Waals surface area contributed by atoms with E-state index in [0.29, 0.717) is 5.75 Å². The van der Waals surface area contributed by atoms with Crippen LogP contribution < -0.4 is 4.74 Å². The van der Waals surface area contributed by atoms with Crippen molar-refractivity contribution < 1.29 is 13.5 Å². The molecule has 0 aliphatic carbocycles. The summed E-state index contributed by atoms with van der Waals surface area (Å²) in [7, 11) is 0. The Morgan fingerprint density at radius 2 is 2.08 bits per heavy atom. The van der Waals surface area contributed by atoms with Crippen molar-refractivity contribution in [2.45, 2.75) is 0 Å². The maximum atomic E-state index is 11.6.